The molecule has 166 valence electrons. The van der Waals surface area contributed by atoms with Gasteiger partial charge in [0.15, 0.2) is 5.78 Å². The van der Waals surface area contributed by atoms with Gasteiger partial charge in [0, 0.05) is 4.88 Å². The van der Waals surface area contributed by atoms with Crippen LogP contribution in [-0.4, -0.2) is 74.3 Å². The van der Waals surface area contributed by atoms with Crippen LogP contribution >= 0.6 is 11.3 Å². The number of carbonyl (C=O) groups excluding carboxylic acids is 2. The number of thiophene rings is 1. The van der Waals surface area contributed by atoms with E-state index >= 15 is 0 Å². The van der Waals surface area contributed by atoms with E-state index in [0.717, 1.165) is 10.4 Å². The number of aryl methyl sites for hydroxylation is 1. The number of hydrogen-bond donors (Lipinski definition) is 6. The Morgan fingerprint density at radius 1 is 1.16 bits per heavy atom. The zero-order valence-corrected chi connectivity index (χ0v) is 17.4. The van der Waals surface area contributed by atoms with Crippen molar-refractivity contribution in [3.8, 4) is 10.4 Å². The van der Waals surface area contributed by atoms with Crippen molar-refractivity contribution >= 4 is 28.7 Å². The summed E-state index contributed by atoms with van der Waals surface area (Å²) >= 11 is 1.27. The van der Waals surface area contributed by atoms with Gasteiger partial charge in [0.1, 0.15) is 36.6 Å². The Morgan fingerprint density at radius 3 is 2.58 bits per heavy atom. The molecule has 2 unspecified atom stereocenters. The Bertz CT molecular complexity index is 1020. The molecule has 0 radical (unpaired) electrons. The van der Waals surface area contributed by atoms with Crippen molar-refractivity contribution in [1.82, 2.24) is 0 Å². The molecule has 0 bridgehead atoms. The van der Waals surface area contributed by atoms with Crippen LogP contribution < -0.4 is 5.32 Å². The van der Waals surface area contributed by atoms with E-state index < -0.39 is 43.2 Å². The summed E-state index contributed by atoms with van der Waals surface area (Å²) in [5, 5.41) is 53.1. The SMILES string of the molecule is Cc1cc(-c2cc3c(s2)C(=O)CC(=O)N3)ccc1[C@@H](O)[C@H]1OC(CO)[C@@H](O)[C@H](O)C1O. The highest BCUT2D eigenvalue weighted by molar-refractivity contribution is 7.18. The number of amides is 1. The highest BCUT2D eigenvalue weighted by atomic mass is 32.1. The summed E-state index contributed by atoms with van der Waals surface area (Å²) in [4.78, 5) is 24.9. The molecule has 1 amide bonds. The molecule has 2 aliphatic heterocycles. The number of aliphatic hydroxyl groups is 5. The molecule has 0 saturated carbocycles. The number of fused-ring (bicyclic) bond motifs is 1. The third-order valence-electron chi connectivity index (χ3n) is 5.69. The molecule has 10 heteroatoms. The van der Waals surface area contributed by atoms with Gasteiger partial charge in [-0.05, 0) is 29.7 Å². The second-order valence-corrected chi connectivity index (χ2v) is 8.86. The average Bonchev–Trinajstić information content (AvgIpc) is 3.16. The van der Waals surface area contributed by atoms with Gasteiger partial charge in [0.2, 0.25) is 5.91 Å². The minimum absolute atomic E-state index is 0.170. The maximum atomic E-state index is 12.1. The standard InChI is InChI=1S/C21H23NO8S/c1-8-4-9(14-5-11-21(31-14)12(24)6-15(25)22-11)2-3-10(8)16(26)20-19(29)18(28)17(27)13(7-23)30-20/h2-5,13,16-20,23,26-29H,6-7H2,1H3,(H,22,25)/t13?,16-,17-,18+,19?,20-/m1/s1. The zero-order chi connectivity index (χ0) is 22.4. The summed E-state index contributed by atoms with van der Waals surface area (Å²) in [6, 6.07) is 6.92. The Balaban J connectivity index is 1.60. The molecular formula is C21H23NO8S. The summed E-state index contributed by atoms with van der Waals surface area (Å²) in [5.74, 6) is -0.558. The largest absolute Gasteiger partial charge is 0.394 e. The third-order valence-corrected chi connectivity index (χ3v) is 6.92. The molecule has 0 aliphatic carbocycles. The number of Topliss-reactive ketones (excluding diaryl/α,β-unsaturated/α-hetero) is 1. The minimum atomic E-state index is -1.57. The second-order valence-electron chi connectivity index (χ2n) is 7.81. The predicted octanol–water partition coefficient (Wildman–Crippen LogP) is 0.124. The highest BCUT2D eigenvalue weighted by Crippen LogP contribution is 2.39. The van der Waals surface area contributed by atoms with Crippen molar-refractivity contribution in [1.29, 1.82) is 0 Å². The summed E-state index contributed by atoms with van der Waals surface area (Å²) in [6.07, 6.45) is -8.47. The van der Waals surface area contributed by atoms with Crippen molar-refractivity contribution in [2.75, 3.05) is 11.9 Å². The van der Waals surface area contributed by atoms with E-state index in [0.29, 0.717) is 21.7 Å². The first-order chi connectivity index (χ1) is 14.7. The van der Waals surface area contributed by atoms with Gasteiger partial charge < -0.3 is 35.6 Å². The van der Waals surface area contributed by atoms with Crippen molar-refractivity contribution < 1.29 is 39.9 Å². The van der Waals surface area contributed by atoms with Crippen molar-refractivity contribution in [3.05, 3.63) is 40.3 Å². The molecule has 1 aromatic heterocycles. The number of rotatable bonds is 4. The van der Waals surface area contributed by atoms with E-state index in [4.69, 9.17) is 4.74 Å². The van der Waals surface area contributed by atoms with Crippen LogP contribution in [0.15, 0.2) is 24.3 Å². The summed E-state index contributed by atoms with van der Waals surface area (Å²) in [5.41, 5.74) is 2.38. The molecule has 1 fully saturated rings. The number of nitrogens with one attached hydrogen (secondary N) is 1. The Kier molecular flexibility index (Phi) is 5.97. The first-order valence-electron chi connectivity index (χ1n) is 9.77. The fraction of sp³-hybridized carbons (Fsp3) is 0.429. The molecule has 0 spiro atoms. The van der Waals surface area contributed by atoms with E-state index in [9.17, 15) is 35.1 Å². The quantitative estimate of drug-likeness (QED) is 0.360. The first kappa shape index (κ1) is 22.0. The number of carbonyl (C=O) groups is 2. The second kappa shape index (κ2) is 8.40. The van der Waals surface area contributed by atoms with Crippen LogP contribution in [0.25, 0.3) is 10.4 Å². The van der Waals surface area contributed by atoms with Gasteiger partial charge in [-0.25, -0.2) is 0 Å². The van der Waals surface area contributed by atoms with Crippen LogP contribution in [0.3, 0.4) is 0 Å². The summed E-state index contributed by atoms with van der Waals surface area (Å²) in [6.45, 7) is 1.18. The fourth-order valence-corrected chi connectivity index (χ4v) is 5.03. The van der Waals surface area contributed by atoms with E-state index in [1.807, 2.05) is 0 Å². The van der Waals surface area contributed by atoms with Crippen LogP contribution in [-0.2, 0) is 9.53 Å². The first-order valence-corrected chi connectivity index (χ1v) is 10.6. The maximum absolute atomic E-state index is 12.1. The van der Waals surface area contributed by atoms with Crippen LogP contribution in [0.5, 0.6) is 0 Å². The molecule has 9 nitrogen and oxygen atoms in total. The predicted molar refractivity (Wildman–Crippen MR) is 111 cm³/mol. The zero-order valence-electron chi connectivity index (χ0n) is 16.6. The van der Waals surface area contributed by atoms with Crippen molar-refractivity contribution in [3.63, 3.8) is 0 Å². The Hall–Kier alpha value is -2.18. The molecule has 3 heterocycles. The van der Waals surface area contributed by atoms with Crippen molar-refractivity contribution in [2.45, 2.75) is 50.0 Å². The smallest absolute Gasteiger partial charge is 0.232 e. The van der Waals surface area contributed by atoms with E-state index in [1.54, 1.807) is 31.2 Å². The molecule has 31 heavy (non-hydrogen) atoms. The van der Waals surface area contributed by atoms with Gasteiger partial charge in [0.05, 0.1) is 23.6 Å². The summed E-state index contributed by atoms with van der Waals surface area (Å²) in [7, 11) is 0. The van der Waals surface area contributed by atoms with Gasteiger partial charge in [-0.15, -0.1) is 11.3 Å². The number of aliphatic hydroxyl groups excluding tert-OH is 5. The highest BCUT2D eigenvalue weighted by Gasteiger charge is 2.46. The normalized spacial score (nSPS) is 29.4. The van der Waals surface area contributed by atoms with Crippen LogP contribution in [0.2, 0.25) is 0 Å². The lowest BCUT2D eigenvalue weighted by Gasteiger charge is -2.42. The average molecular weight is 449 g/mol. The molecule has 1 aromatic carbocycles. The molecule has 2 aliphatic rings. The Labute approximate surface area is 181 Å². The van der Waals surface area contributed by atoms with Gasteiger partial charge in [-0.2, -0.15) is 0 Å². The topological polar surface area (TPSA) is 157 Å². The number of anilines is 1. The van der Waals surface area contributed by atoms with Gasteiger partial charge in [-0.1, -0.05) is 18.2 Å². The fourth-order valence-electron chi connectivity index (χ4n) is 3.98. The summed E-state index contributed by atoms with van der Waals surface area (Å²) < 4.78 is 5.46. The number of benzene rings is 1. The molecule has 2 aromatic rings. The third kappa shape index (κ3) is 3.92. The van der Waals surface area contributed by atoms with Crippen LogP contribution in [0.4, 0.5) is 5.69 Å². The van der Waals surface area contributed by atoms with E-state index in [-0.39, 0.29) is 18.1 Å². The number of ether oxygens (including phenoxy) is 1. The molecular weight excluding hydrogens is 426 g/mol. The van der Waals surface area contributed by atoms with Gasteiger partial charge >= 0.3 is 0 Å². The lowest BCUT2D eigenvalue weighted by atomic mass is 9.88. The van der Waals surface area contributed by atoms with Gasteiger partial charge in [-0.3, -0.25) is 9.59 Å². The molecule has 6 atom stereocenters. The monoisotopic (exact) mass is 449 g/mol. The maximum Gasteiger partial charge on any atom is 0.232 e. The lowest BCUT2D eigenvalue weighted by molar-refractivity contribution is -0.250. The number of hydrogen-bond acceptors (Lipinski definition) is 9. The number of ketones is 1. The van der Waals surface area contributed by atoms with Crippen LogP contribution in [0.1, 0.15) is 33.3 Å². The van der Waals surface area contributed by atoms with Gasteiger partial charge in [0.25, 0.3) is 0 Å². The van der Waals surface area contributed by atoms with Crippen LogP contribution in [0, 0.1) is 6.92 Å². The minimum Gasteiger partial charge on any atom is -0.394 e. The van der Waals surface area contributed by atoms with E-state index in [1.165, 1.54) is 11.3 Å². The molecule has 1 saturated heterocycles. The van der Waals surface area contributed by atoms with Crippen molar-refractivity contribution in [2.24, 2.45) is 0 Å². The lowest BCUT2D eigenvalue weighted by Crippen LogP contribution is -2.59. The Morgan fingerprint density at radius 2 is 1.90 bits per heavy atom. The molecule has 4 rings (SSSR count). The molecule has 6 N–H and O–H groups in total. The van der Waals surface area contributed by atoms with E-state index in [2.05, 4.69) is 5.32 Å².